The molecule has 0 atom stereocenters. The minimum absolute atomic E-state index is 0.759. The summed E-state index contributed by atoms with van der Waals surface area (Å²) in [7, 11) is 0. The Hall–Kier alpha value is -1.30. The van der Waals surface area contributed by atoms with E-state index in [-0.39, 0.29) is 0 Å². The normalized spacial score (nSPS) is 9.00. The van der Waals surface area contributed by atoms with Crippen molar-refractivity contribution in [3.63, 3.8) is 0 Å². The van der Waals surface area contributed by atoms with E-state index < -0.39 is 0 Å². The Kier molecular flexibility index (Phi) is 1.23. The maximum atomic E-state index is 5.13. The fourth-order valence-corrected chi connectivity index (χ4v) is 0.655. The number of aryl methyl sites for hydroxylation is 2. The van der Waals surface area contributed by atoms with Crippen molar-refractivity contribution in [2.75, 3.05) is 0 Å². The van der Waals surface area contributed by atoms with E-state index in [1.54, 1.807) is 4.57 Å². The number of rotatable bonds is 0. The Labute approximate surface area is 53.7 Å². The van der Waals surface area contributed by atoms with Gasteiger partial charge in [0.25, 0.3) is 0 Å². The average Bonchev–Trinajstić information content (AvgIpc) is 2.12. The molecular weight excluding hydrogens is 114 g/mol. The quantitative estimate of drug-likeness (QED) is 0.463. The van der Waals surface area contributed by atoms with Gasteiger partial charge in [-0.1, -0.05) is 6.42 Å². The van der Waals surface area contributed by atoms with Gasteiger partial charge in [0.15, 0.2) is 0 Å². The summed E-state index contributed by atoms with van der Waals surface area (Å²) in [4.78, 5) is 0. The largest absolute Gasteiger partial charge is 0.240 e. The molecule has 0 unspecified atom stereocenters. The first-order chi connectivity index (χ1) is 4.25. The van der Waals surface area contributed by atoms with Gasteiger partial charge in [0.05, 0.1) is 0 Å². The third-order valence-electron chi connectivity index (χ3n) is 1.12. The molecule has 3 nitrogen and oxygen atoms in total. The van der Waals surface area contributed by atoms with Crippen molar-refractivity contribution in [2.24, 2.45) is 0 Å². The van der Waals surface area contributed by atoms with Crippen molar-refractivity contribution < 1.29 is 0 Å². The summed E-state index contributed by atoms with van der Waals surface area (Å²) in [6, 6.07) is 2.44. The van der Waals surface area contributed by atoms with Crippen LogP contribution in [-0.4, -0.2) is 14.8 Å². The number of hydrogen-bond donors (Lipinski definition) is 0. The van der Waals surface area contributed by atoms with E-state index in [1.165, 1.54) is 0 Å². The van der Waals surface area contributed by atoms with Crippen molar-refractivity contribution >= 4 is 0 Å². The van der Waals surface area contributed by atoms with Crippen LogP contribution in [0.3, 0.4) is 0 Å². The molecule has 0 saturated carbocycles. The number of terminal acetylenes is 1. The van der Waals surface area contributed by atoms with Crippen LogP contribution in [0.15, 0.2) is 0 Å². The van der Waals surface area contributed by atoms with Gasteiger partial charge in [-0.3, -0.25) is 0 Å². The van der Waals surface area contributed by atoms with E-state index in [2.05, 4.69) is 16.2 Å². The van der Waals surface area contributed by atoms with Gasteiger partial charge < -0.3 is 0 Å². The minimum Gasteiger partial charge on any atom is -0.240 e. The topological polar surface area (TPSA) is 30.7 Å². The van der Waals surface area contributed by atoms with Crippen LogP contribution in [0.2, 0.25) is 0 Å². The first-order valence-corrected chi connectivity index (χ1v) is 2.61. The highest BCUT2D eigenvalue weighted by Crippen LogP contribution is 1.94. The Morgan fingerprint density at radius 3 is 2.00 bits per heavy atom. The third kappa shape index (κ3) is 0.789. The molecule has 0 aliphatic heterocycles. The standard InChI is InChI=1S/C6H7N3/c1-4-9-5(2)7-8-6(9)3/h1H,2-3H3. The van der Waals surface area contributed by atoms with Gasteiger partial charge in [0.1, 0.15) is 11.6 Å². The number of aromatic nitrogens is 3. The lowest BCUT2D eigenvalue weighted by Crippen LogP contribution is -1.93. The first kappa shape index (κ1) is 5.83. The van der Waals surface area contributed by atoms with Crippen molar-refractivity contribution in [3.8, 4) is 12.5 Å². The molecule has 1 rings (SSSR count). The van der Waals surface area contributed by atoms with Crippen molar-refractivity contribution in [3.05, 3.63) is 11.6 Å². The summed E-state index contributed by atoms with van der Waals surface area (Å²) >= 11 is 0. The molecule has 0 bridgehead atoms. The maximum absolute atomic E-state index is 5.13. The summed E-state index contributed by atoms with van der Waals surface area (Å²) in [5.41, 5.74) is 0. The first-order valence-electron chi connectivity index (χ1n) is 2.61. The fraction of sp³-hybridized carbons (Fsp3) is 0.333. The van der Waals surface area contributed by atoms with Crippen molar-refractivity contribution in [1.82, 2.24) is 14.8 Å². The van der Waals surface area contributed by atoms with E-state index in [9.17, 15) is 0 Å². The van der Waals surface area contributed by atoms with Crippen LogP contribution in [-0.2, 0) is 0 Å². The molecule has 0 N–H and O–H groups in total. The van der Waals surface area contributed by atoms with Crippen molar-refractivity contribution in [1.29, 1.82) is 0 Å². The van der Waals surface area contributed by atoms with Gasteiger partial charge in [-0.05, 0) is 13.8 Å². The molecule has 0 spiro atoms. The zero-order valence-corrected chi connectivity index (χ0v) is 5.42. The molecule has 9 heavy (non-hydrogen) atoms. The summed E-state index contributed by atoms with van der Waals surface area (Å²) in [6.07, 6.45) is 5.13. The summed E-state index contributed by atoms with van der Waals surface area (Å²) in [5, 5.41) is 7.51. The van der Waals surface area contributed by atoms with Crippen LogP contribution in [0.1, 0.15) is 11.6 Å². The minimum atomic E-state index is 0.759. The average molecular weight is 121 g/mol. The molecule has 46 valence electrons. The van der Waals surface area contributed by atoms with Gasteiger partial charge in [-0.2, -0.15) is 0 Å². The molecule has 0 amide bonds. The fourth-order valence-electron chi connectivity index (χ4n) is 0.655. The van der Waals surface area contributed by atoms with Crippen LogP contribution in [0.5, 0.6) is 0 Å². The van der Waals surface area contributed by atoms with Crippen LogP contribution in [0, 0.1) is 26.3 Å². The van der Waals surface area contributed by atoms with Gasteiger partial charge in [0, 0.05) is 6.04 Å². The third-order valence-corrected chi connectivity index (χ3v) is 1.12. The molecule has 0 aliphatic rings. The van der Waals surface area contributed by atoms with Gasteiger partial charge in [0.2, 0.25) is 0 Å². The van der Waals surface area contributed by atoms with Crippen LogP contribution >= 0.6 is 0 Å². The molecule has 1 aromatic rings. The molecule has 1 heterocycles. The van der Waals surface area contributed by atoms with Crippen molar-refractivity contribution in [2.45, 2.75) is 13.8 Å². The predicted molar refractivity (Wildman–Crippen MR) is 33.7 cm³/mol. The van der Waals surface area contributed by atoms with E-state index in [0.717, 1.165) is 11.6 Å². The zero-order valence-electron chi connectivity index (χ0n) is 5.42. The summed E-state index contributed by atoms with van der Waals surface area (Å²) in [5.74, 6) is 1.52. The lowest BCUT2D eigenvalue weighted by molar-refractivity contribution is 0.977. The Morgan fingerprint density at radius 2 is 1.78 bits per heavy atom. The van der Waals surface area contributed by atoms with E-state index in [1.807, 2.05) is 13.8 Å². The van der Waals surface area contributed by atoms with E-state index in [4.69, 9.17) is 6.42 Å². The second-order valence-corrected chi connectivity index (χ2v) is 1.76. The molecule has 0 aromatic carbocycles. The van der Waals surface area contributed by atoms with Crippen LogP contribution in [0.4, 0.5) is 0 Å². The highest BCUT2D eigenvalue weighted by molar-refractivity contribution is 5.04. The lowest BCUT2D eigenvalue weighted by atomic mass is 10.6. The molecule has 3 heteroatoms. The molecule has 0 fully saturated rings. The zero-order chi connectivity index (χ0) is 6.85. The monoisotopic (exact) mass is 121 g/mol. The second-order valence-electron chi connectivity index (χ2n) is 1.76. The van der Waals surface area contributed by atoms with Crippen LogP contribution in [0.25, 0.3) is 0 Å². The highest BCUT2D eigenvalue weighted by atomic mass is 15.3. The smallest absolute Gasteiger partial charge is 0.141 e. The number of hydrogen-bond acceptors (Lipinski definition) is 2. The Bertz CT molecular complexity index is 234. The summed E-state index contributed by atoms with van der Waals surface area (Å²) < 4.78 is 1.60. The van der Waals surface area contributed by atoms with Gasteiger partial charge in [-0.25, -0.2) is 4.57 Å². The van der Waals surface area contributed by atoms with Gasteiger partial charge in [-0.15, -0.1) is 10.2 Å². The molecule has 0 aliphatic carbocycles. The Morgan fingerprint density at radius 1 is 1.33 bits per heavy atom. The van der Waals surface area contributed by atoms with E-state index >= 15 is 0 Å². The maximum Gasteiger partial charge on any atom is 0.141 e. The predicted octanol–water partition coefficient (Wildman–Crippen LogP) is 0.334. The van der Waals surface area contributed by atoms with Crippen LogP contribution < -0.4 is 0 Å². The SMILES string of the molecule is C#Cn1c(C)nnc1C. The lowest BCUT2D eigenvalue weighted by Gasteiger charge is -1.89. The summed E-state index contributed by atoms with van der Waals surface area (Å²) in [6.45, 7) is 3.64. The number of nitrogens with zero attached hydrogens (tertiary/aromatic N) is 3. The molecular formula is C6H7N3. The van der Waals surface area contributed by atoms with Gasteiger partial charge >= 0.3 is 0 Å². The highest BCUT2D eigenvalue weighted by Gasteiger charge is 1.98. The molecule has 0 radical (unpaired) electrons. The van der Waals surface area contributed by atoms with E-state index in [0.29, 0.717) is 0 Å². The molecule has 1 aromatic heterocycles. The second kappa shape index (κ2) is 1.90. The molecule has 0 saturated heterocycles. The Balaban J connectivity index is 3.27.